The summed E-state index contributed by atoms with van der Waals surface area (Å²) in [4.78, 5) is 10.7. The molecule has 1 aliphatic rings. The standard InChI is InChI=1S/C11H10Cl3NO4S/c12-6-3-7(13)9(8(14)4-6)20(18,19)15-5-11(1-2-11)10(16)17/h3-4,15H,1-2,5H2,(H,16,17). The van der Waals surface area contributed by atoms with E-state index in [0.29, 0.717) is 12.8 Å². The second-order valence-electron chi connectivity index (χ2n) is 4.61. The summed E-state index contributed by atoms with van der Waals surface area (Å²) in [5.74, 6) is -1.02. The maximum Gasteiger partial charge on any atom is 0.310 e. The first kappa shape index (κ1) is 15.9. The quantitative estimate of drug-likeness (QED) is 0.848. The van der Waals surface area contributed by atoms with Crippen molar-refractivity contribution in [3.05, 3.63) is 27.2 Å². The van der Waals surface area contributed by atoms with Crippen molar-refractivity contribution in [1.82, 2.24) is 4.72 Å². The van der Waals surface area contributed by atoms with Gasteiger partial charge in [0.2, 0.25) is 10.0 Å². The van der Waals surface area contributed by atoms with Crippen LogP contribution in [-0.2, 0) is 14.8 Å². The first-order valence-electron chi connectivity index (χ1n) is 5.56. The number of carbonyl (C=O) groups is 1. The molecule has 0 heterocycles. The molecule has 0 unspecified atom stereocenters. The van der Waals surface area contributed by atoms with Gasteiger partial charge in [0, 0.05) is 11.6 Å². The highest BCUT2D eigenvalue weighted by atomic mass is 35.5. The van der Waals surface area contributed by atoms with Crippen LogP contribution in [0.2, 0.25) is 15.1 Å². The Balaban J connectivity index is 2.26. The van der Waals surface area contributed by atoms with Gasteiger partial charge in [0.05, 0.1) is 15.5 Å². The molecule has 2 N–H and O–H groups in total. The highest BCUT2D eigenvalue weighted by Gasteiger charge is 2.50. The third-order valence-corrected chi connectivity index (χ3v) is 5.68. The van der Waals surface area contributed by atoms with Crippen molar-refractivity contribution < 1.29 is 18.3 Å². The molecule has 5 nitrogen and oxygen atoms in total. The Labute approximate surface area is 130 Å². The third kappa shape index (κ3) is 3.04. The monoisotopic (exact) mass is 357 g/mol. The number of carboxylic acids is 1. The van der Waals surface area contributed by atoms with Gasteiger partial charge < -0.3 is 5.11 Å². The predicted molar refractivity (Wildman–Crippen MR) is 76.0 cm³/mol. The smallest absolute Gasteiger partial charge is 0.310 e. The summed E-state index contributed by atoms with van der Waals surface area (Å²) in [6.07, 6.45) is 0.875. The van der Waals surface area contributed by atoms with Gasteiger partial charge in [0.15, 0.2) is 0 Å². The molecule has 0 aromatic heterocycles. The lowest BCUT2D eigenvalue weighted by molar-refractivity contribution is -0.143. The fraction of sp³-hybridized carbons (Fsp3) is 0.364. The van der Waals surface area contributed by atoms with Gasteiger partial charge in [-0.1, -0.05) is 34.8 Å². The molecule has 20 heavy (non-hydrogen) atoms. The van der Waals surface area contributed by atoms with E-state index in [-0.39, 0.29) is 26.5 Å². The molecule has 1 aliphatic carbocycles. The Morgan fingerprint density at radius 2 is 1.75 bits per heavy atom. The van der Waals surface area contributed by atoms with E-state index in [2.05, 4.69) is 4.72 Å². The summed E-state index contributed by atoms with van der Waals surface area (Å²) >= 11 is 17.4. The lowest BCUT2D eigenvalue weighted by Crippen LogP contribution is -2.34. The molecule has 0 amide bonds. The van der Waals surface area contributed by atoms with E-state index in [1.165, 1.54) is 12.1 Å². The Kier molecular flexibility index (Phi) is 4.24. The number of hydrogen-bond acceptors (Lipinski definition) is 3. The highest BCUT2D eigenvalue weighted by molar-refractivity contribution is 7.89. The normalized spacial score (nSPS) is 16.9. The minimum Gasteiger partial charge on any atom is -0.481 e. The van der Waals surface area contributed by atoms with E-state index >= 15 is 0 Å². The second kappa shape index (κ2) is 5.35. The van der Waals surface area contributed by atoms with Crippen LogP contribution >= 0.6 is 34.8 Å². The van der Waals surface area contributed by atoms with Crippen LogP contribution < -0.4 is 4.72 Å². The first-order chi connectivity index (χ1) is 9.18. The van der Waals surface area contributed by atoms with Crippen molar-refractivity contribution in [1.29, 1.82) is 0 Å². The zero-order valence-corrected chi connectivity index (χ0v) is 13.1. The van der Waals surface area contributed by atoms with Crippen LogP contribution in [0.4, 0.5) is 0 Å². The van der Waals surface area contributed by atoms with Crippen molar-refractivity contribution in [2.45, 2.75) is 17.7 Å². The number of rotatable bonds is 5. The Morgan fingerprint density at radius 3 is 2.15 bits per heavy atom. The zero-order chi connectivity index (χ0) is 15.1. The maximum atomic E-state index is 12.2. The molecular formula is C11H10Cl3NO4S. The maximum absolute atomic E-state index is 12.2. The summed E-state index contributed by atoms with van der Waals surface area (Å²) in [6, 6.07) is 2.52. The molecule has 0 bridgehead atoms. The Hall–Kier alpha value is -0.530. The van der Waals surface area contributed by atoms with Gasteiger partial charge in [0.25, 0.3) is 0 Å². The minimum atomic E-state index is -4.00. The van der Waals surface area contributed by atoms with E-state index in [1.807, 2.05) is 0 Å². The number of halogens is 3. The van der Waals surface area contributed by atoms with E-state index in [1.54, 1.807) is 0 Å². The Bertz CT molecular complexity index is 647. The molecule has 1 aromatic carbocycles. The zero-order valence-electron chi connectivity index (χ0n) is 9.99. The molecule has 1 saturated carbocycles. The molecule has 1 fully saturated rings. The molecule has 9 heteroatoms. The van der Waals surface area contributed by atoms with Crippen LogP contribution in [0.5, 0.6) is 0 Å². The van der Waals surface area contributed by atoms with Crippen LogP contribution in [-0.4, -0.2) is 26.0 Å². The molecule has 1 aromatic rings. The average molecular weight is 359 g/mol. The number of hydrogen-bond donors (Lipinski definition) is 2. The van der Waals surface area contributed by atoms with Crippen LogP contribution in [0.25, 0.3) is 0 Å². The van der Waals surface area contributed by atoms with Gasteiger partial charge >= 0.3 is 5.97 Å². The Morgan fingerprint density at radius 1 is 1.25 bits per heavy atom. The lowest BCUT2D eigenvalue weighted by atomic mass is 10.1. The SMILES string of the molecule is O=C(O)C1(CNS(=O)(=O)c2c(Cl)cc(Cl)cc2Cl)CC1. The van der Waals surface area contributed by atoms with Crippen LogP contribution in [0, 0.1) is 5.41 Å². The molecule has 0 radical (unpaired) electrons. The van der Waals surface area contributed by atoms with Crippen molar-refractivity contribution in [2.75, 3.05) is 6.54 Å². The number of carboxylic acid groups (broad SMARTS) is 1. The van der Waals surface area contributed by atoms with E-state index < -0.39 is 21.4 Å². The number of aliphatic carboxylic acids is 1. The second-order valence-corrected chi connectivity index (χ2v) is 7.56. The number of sulfonamides is 1. The lowest BCUT2D eigenvalue weighted by Gasteiger charge is -2.13. The summed E-state index contributed by atoms with van der Waals surface area (Å²) < 4.78 is 26.6. The van der Waals surface area contributed by atoms with Crippen LogP contribution in [0.3, 0.4) is 0 Å². The van der Waals surface area contributed by atoms with Gasteiger partial charge in [-0.15, -0.1) is 0 Å². The van der Waals surface area contributed by atoms with Gasteiger partial charge in [-0.25, -0.2) is 13.1 Å². The molecule has 0 spiro atoms. The average Bonchev–Trinajstić information content (AvgIpc) is 3.05. The highest BCUT2D eigenvalue weighted by Crippen LogP contribution is 2.45. The molecule has 2 rings (SSSR count). The molecular weight excluding hydrogens is 349 g/mol. The van der Waals surface area contributed by atoms with Crippen LogP contribution in [0.1, 0.15) is 12.8 Å². The molecule has 110 valence electrons. The largest absolute Gasteiger partial charge is 0.481 e. The molecule has 0 aliphatic heterocycles. The van der Waals surface area contributed by atoms with Crippen molar-refractivity contribution in [3.8, 4) is 0 Å². The predicted octanol–water partition coefficient (Wildman–Crippen LogP) is 2.79. The van der Waals surface area contributed by atoms with Crippen molar-refractivity contribution in [3.63, 3.8) is 0 Å². The van der Waals surface area contributed by atoms with Gasteiger partial charge in [-0.2, -0.15) is 0 Å². The minimum absolute atomic E-state index is 0.116. The fourth-order valence-corrected chi connectivity index (χ4v) is 4.38. The summed E-state index contributed by atoms with van der Waals surface area (Å²) in [5, 5.41) is 8.99. The van der Waals surface area contributed by atoms with Crippen molar-refractivity contribution >= 4 is 50.8 Å². The summed E-state index contributed by atoms with van der Waals surface area (Å²) in [7, 11) is -4.00. The van der Waals surface area contributed by atoms with Gasteiger partial charge in [-0.3, -0.25) is 4.79 Å². The summed E-state index contributed by atoms with van der Waals surface area (Å²) in [5.41, 5.74) is -1.02. The summed E-state index contributed by atoms with van der Waals surface area (Å²) in [6.45, 7) is -0.194. The molecule has 0 atom stereocenters. The number of nitrogens with one attached hydrogen (secondary N) is 1. The fourth-order valence-electron chi connectivity index (χ4n) is 1.71. The number of benzene rings is 1. The first-order valence-corrected chi connectivity index (χ1v) is 8.17. The van der Waals surface area contributed by atoms with Crippen LogP contribution in [0.15, 0.2) is 17.0 Å². The van der Waals surface area contributed by atoms with E-state index in [4.69, 9.17) is 39.9 Å². The van der Waals surface area contributed by atoms with E-state index in [9.17, 15) is 13.2 Å². The van der Waals surface area contributed by atoms with E-state index in [0.717, 1.165) is 0 Å². The van der Waals surface area contributed by atoms with Gasteiger partial charge in [0.1, 0.15) is 4.90 Å². The molecule has 0 saturated heterocycles. The van der Waals surface area contributed by atoms with Gasteiger partial charge in [-0.05, 0) is 25.0 Å². The third-order valence-electron chi connectivity index (χ3n) is 3.14. The van der Waals surface area contributed by atoms with Crippen molar-refractivity contribution in [2.24, 2.45) is 5.41 Å². The topological polar surface area (TPSA) is 83.5 Å².